The smallest absolute Gasteiger partial charge is 0.410 e. The topological polar surface area (TPSA) is 154 Å². The van der Waals surface area contributed by atoms with Gasteiger partial charge in [0.15, 0.2) is 11.5 Å². The van der Waals surface area contributed by atoms with Gasteiger partial charge >= 0.3 is 6.09 Å². The number of hydrogen-bond acceptors (Lipinski definition) is 11. The van der Waals surface area contributed by atoms with Gasteiger partial charge in [-0.3, -0.25) is 4.79 Å². The number of halogens is 1. The van der Waals surface area contributed by atoms with Crippen LogP contribution in [-0.2, 0) is 9.53 Å². The second-order valence-electron chi connectivity index (χ2n) is 12.5. The fraction of sp³-hybridized carbons (Fsp3) is 0.314. The Bertz CT molecular complexity index is 2220. The lowest BCUT2D eigenvalue weighted by atomic mass is 10.1. The molecule has 0 spiro atoms. The molecule has 0 radical (unpaired) electrons. The van der Waals surface area contributed by atoms with E-state index in [0.29, 0.717) is 53.0 Å². The number of hydrogen-bond donors (Lipinski definition) is 2. The summed E-state index contributed by atoms with van der Waals surface area (Å²) in [4.78, 5) is 40.0. The number of amides is 2. The van der Waals surface area contributed by atoms with Crippen LogP contribution in [0.15, 0.2) is 67.2 Å². The van der Waals surface area contributed by atoms with Crippen molar-refractivity contribution in [1.29, 1.82) is 0 Å². The number of carbonyl (C=O) groups is 2. The molecule has 2 amide bonds. The Morgan fingerprint density at radius 3 is 2.64 bits per heavy atom. The van der Waals surface area contributed by atoms with Crippen LogP contribution in [0.5, 0.6) is 23.0 Å². The minimum atomic E-state index is -2.82. The normalized spacial score (nSPS) is 16.0. The summed E-state index contributed by atoms with van der Waals surface area (Å²) in [6.07, 6.45) is 5.98. The number of aromatic nitrogens is 5. The van der Waals surface area contributed by atoms with Gasteiger partial charge in [-0.2, -0.15) is 5.10 Å². The molecule has 1 atom stereocenters. The minimum Gasteiger partial charge on any atom is -0.494 e. The summed E-state index contributed by atoms with van der Waals surface area (Å²) in [6.45, 7) is 7.36. The molecule has 1 fully saturated rings. The Labute approximate surface area is 291 Å². The third kappa shape index (κ3) is 7.36. The van der Waals surface area contributed by atoms with E-state index >= 15 is 4.39 Å². The summed E-state index contributed by atoms with van der Waals surface area (Å²) in [6, 6.07) is 8.81. The SMILES string of the molecule is [2H]C([2H])([2H])Oc1cc(Oc2ccn3ncnc3c2)c(C)cc1Nc1ncnc2cc(OC)c(NC(=O)/C(F)=C\C3CCCN3C(=O)OC(C)(C)C)cc12. The van der Waals surface area contributed by atoms with Gasteiger partial charge in [0.25, 0.3) is 5.91 Å². The van der Waals surface area contributed by atoms with Crippen molar-refractivity contribution in [3.8, 4) is 23.0 Å². The standard InChI is InChI=1S/C35H37FN8O6/c1-20-12-26(30(48-6)17-28(20)49-22-9-11-44-31(14-22)38-19-40-44)41-32-23-15-27(29(47-5)16-25(23)37-18-39-32)42-33(45)24(36)13-21-8-7-10-43(21)34(46)50-35(2,3)4/h9,11-19,21H,7-8,10H2,1-6H3,(H,42,45)(H,37,39,41)/b24-13+/i6D3. The van der Waals surface area contributed by atoms with Crippen LogP contribution in [-0.4, -0.2) is 73.8 Å². The Morgan fingerprint density at radius 1 is 1.04 bits per heavy atom. The summed E-state index contributed by atoms with van der Waals surface area (Å²) in [5.41, 5.74) is 1.17. The third-order valence-electron chi connectivity index (χ3n) is 7.81. The van der Waals surface area contributed by atoms with Crippen LogP contribution in [0.2, 0.25) is 0 Å². The van der Waals surface area contributed by atoms with E-state index in [1.54, 1.807) is 56.6 Å². The second kappa shape index (κ2) is 13.9. The van der Waals surface area contributed by atoms with Crippen LogP contribution in [0.1, 0.15) is 43.3 Å². The lowest BCUT2D eigenvalue weighted by Crippen LogP contribution is -2.39. The van der Waals surface area contributed by atoms with Gasteiger partial charge in [0.2, 0.25) is 0 Å². The van der Waals surface area contributed by atoms with Gasteiger partial charge in [-0.15, -0.1) is 0 Å². The van der Waals surface area contributed by atoms with Crippen molar-refractivity contribution in [3.05, 3.63) is 72.7 Å². The molecule has 0 aliphatic carbocycles. The van der Waals surface area contributed by atoms with Crippen molar-refractivity contribution >= 4 is 45.7 Å². The van der Waals surface area contributed by atoms with Crippen molar-refractivity contribution in [2.45, 2.75) is 52.2 Å². The number of fused-ring (bicyclic) bond motifs is 2. The van der Waals surface area contributed by atoms with Crippen molar-refractivity contribution in [2.75, 3.05) is 31.3 Å². The number of nitrogens with zero attached hydrogens (tertiary/aromatic N) is 6. The quantitative estimate of drug-likeness (QED) is 0.159. The van der Waals surface area contributed by atoms with E-state index in [0.717, 1.165) is 6.08 Å². The zero-order valence-corrected chi connectivity index (χ0v) is 28.0. The van der Waals surface area contributed by atoms with Gasteiger partial charge < -0.3 is 34.5 Å². The molecule has 50 heavy (non-hydrogen) atoms. The second-order valence-corrected chi connectivity index (χ2v) is 12.5. The molecule has 0 bridgehead atoms. The van der Waals surface area contributed by atoms with Crippen molar-refractivity contribution in [3.63, 3.8) is 0 Å². The van der Waals surface area contributed by atoms with Crippen LogP contribution in [0.4, 0.5) is 26.4 Å². The Balaban J connectivity index is 1.28. The average Bonchev–Trinajstić information content (AvgIpc) is 3.75. The van der Waals surface area contributed by atoms with Crippen LogP contribution in [0.25, 0.3) is 16.6 Å². The van der Waals surface area contributed by atoms with Gasteiger partial charge in [0, 0.05) is 36.3 Å². The number of anilines is 3. The fourth-order valence-electron chi connectivity index (χ4n) is 5.47. The van der Waals surface area contributed by atoms with Gasteiger partial charge in [-0.1, -0.05) is 0 Å². The number of pyridine rings is 1. The molecule has 15 heteroatoms. The van der Waals surface area contributed by atoms with Crippen LogP contribution in [0, 0.1) is 6.92 Å². The highest BCUT2D eigenvalue weighted by atomic mass is 19.1. The van der Waals surface area contributed by atoms with Crippen LogP contribution in [0.3, 0.4) is 0 Å². The molecule has 5 aromatic rings. The number of nitrogens with one attached hydrogen (secondary N) is 2. The first kappa shape index (κ1) is 30.1. The maximum Gasteiger partial charge on any atom is 0.410 e. The molecule has 0 saturated carbocycles. The zero-order chi connectivity index (χ0) is 38.1. The number of carbonyl (C=O) groups excluding carboxylic acids is 2. The number of aryl methyl sites for hydroxylation is 1. The van der Waals surface area contributed by atoms with Crippen molar-refractivity contribution in [2.24, 2.45) is 0 Å². The molecule has 4 heterocycles. The van der Waals surface area contributed by atoms with E-state index in [2.05, 4.69) is 30.7 Å². The summed E-state index contributed by atoms with van der Waals surface area (Å²) in [5.74, 6) is -1.06. The summed E-state index contributed by atoms with van der Waals surface area (Å²) < 4.78 is 62.7. The predicted molar refractivity (Wildman–Crippen MR) is 184 cm³/mol. The average molecular weight is 688 g/mol. The highest BCUT2D eigenvalue weighted by Crippen LogP contribution is 2.39. The first-order valence-corrected chi connectivity index (χ1v) is 15.7. The maximum atomic E-state index is 15.4. The molecule has 1 saturated heterocycles. The summed E-state index contributed by atoms with van der Waals surface area (Å²) in [7, 11) is -1.43. The van der Waals surface area contributed by atoms with E-state index in [4.69, 9.17) is 23.1 Å². The van der Waals surface area contributed by atoms with E-state index in [-0.39, 0.29) is 28.7 Å². The van der Waals surface area contributed by atoms with Gasteiger partial charge in [-0.05, 0) is 70.4 Å². The van der Waals surface area contributed by atoms with Crippen LogP contribution >= 0.6 is 0 Å². The van der Waals surface area contributed by atoms with Gasteiger partial charge in [0.05, 0.1) is 41.2 Å². The Morgan fingerprint density at radius 2 is 1.86 bits per heavy atom. The third-order valence-corrected chi connectivity index (χ3v) is 7.81. The lowest BCUT2D eigenvalue weighted by molar-refractivity contribution is -0.114. The first-order valence-electron chi connectivity index (χ1n) is 17.2. The highest BCUT2D eigenvalue weighted by molar-refractivity contribution is 6.05. The van der Waals surface area contributed by atoms with Crippen LogP contribution < -0.4 is 24.8 Å². The molecule has 6 rings (SSSR count). The van der Waals surface area contributed by atoms with Gasteiger partial charge in [0.1, 0.15) is 47.1 Å². The zero-order valence-electron chi connectivity index (χ0n) is 31.0. The molecule has 3 aromatic heterocycles. The maximum absolute atomic E-state index is 15.4. The molecule has 14 nitrogen and oxygen atoms in total. The van der Waals surface area contributed by atoms with Crippen molar-refractivity contribution in [1.82, 2.24) is 29.5 Å². The molecule has 260 valence electrons. The number of rotatable bonds is 9. The summed E-state index contributed by atoms with van der Waals surface area (Å²) >= 11 is 0. The van der Waals surface area contributed by atoms with E-state index in [9.17, 15) is 9.59 Å². The first-order chi connectivity index (χ1) is 25.1. The molecule has 1 unspecified atom stereocenters. The number of likely N-dealkylation sites (tertiary alicyclic amines) is 1. The number of methoxy groups -OCH3 is 2. The highest BCUT2D eigenvalue weighted by Gasteiger charge is 2.32. The van der Waals surface area contributed by atoms with Gasteiger partial charge in [-0.25, -0.2) is 28.7 Å². The molecular weight excluding hydrogens is 647 g/mol. The molecular formula is C35H37FN8O6. The Kier molecular flexibility index (Phi) is 8.34. The molecule has 1 aliphatic rings. The molecule has 2 aromatic carbocycles. The van der Waals surface area contributed by atoms with E-state index in [1.807, 2.05) is 0 Å². The van der Waals surface area contributed by atoms with Crippen molar-refractivity contribution < 1.29 is 37.0 Å². The summed E-state index contributed by atoms with van der Waals surface area (Å²) in [5, 5.41) is 10.1. The number of ether oxygens (including phenoxy) is 4. The largest absolute Gasteiger partial charge is 0.494 e. The fourth-order valence-corrected chi connectivity index (χ4v) is 5.47. The van der Waals surface area contributed by atoms with E-state index in [1.165, 1.54) is 42.9 Å². The van der Waals surface area contributed by atoms with E-state index < -0.39 is 36.5 Å². The molecule has 2 N–H and O–H groups in total. The number of benzene rings is 2. The monoisotopic (exact) mass is 687 g/mol. The predicted octanol–water partition coefficient (Wildman–Crippen LogP) is 6.73. The lowest BCUT2D eigenvalue weighted by Gasteiger charge is -2.27. The minimum absolute atomic E-state index is 0.0671. The Hall–Kier alpha value is -5.99. The molecule has 1 aliphatic heterocycles.